The fourth-order valence-corrected chi connectivity index (χ4v) is 4.66. The van der Waals surface area contributed by atoms with Gasteiger partial charge in [-0.3, -0.25) is 0 Å². The lowest BCUT2D eigenvalue weighted by Gasteiger charge is -2.37. The molecule has 0 aromatic heterocycles. The second-order valence-corrected chi connectivity index (χ2v) is 9.83. The highest BCUT2D eigenvalue weighted by molar-refractivity contribution is 6.31. The van der Waals surface area contributed by atoms with E-state index in [0.717, 1.165) is 11.1 Å². The standard InChI is InChI=1S/C29H31ClF2O4.C2H6O.C2H6/c1-3-34-25-12-10-21(28(31)29(25)32)14-22-13-20(9-11-24(22)30)27-16-23(15-26(36-27)18(2)33)35-17-19-7-5-4-6-8-19;1-2-3;1-2/h4-13,18,23,26-27,33H,3,14-17H2,1-2H3;3H,2H2,1H3;1-2H3. The van der Waals surface area contributed by atoms with Crippen molar-refractivity contribution in [3.8, 4) is 5.75 Å². The van der Waals surface area contributed by atoms with E-state index in [9.17, 15) is 13.9 Å². The first-order chi connectivity index (χ1) is 19.8. The molecule has 4 atom stereocenters. The number of aliphatic hydroxyl groups is 2. The maximum Gasteiger partial charge on any atom is 0.200 e. The molecule has 0 amide bonds. The molecule has 1 aliphatic rings. The van der Waals surface area contributed by atoms with Gasteiger partial charge in [0.1, 0.15) is 0 Å². The molecule has 1 heterocycles. The van der Waals surface area contributed by atoms with Crippen LogP contribution < -0.4 is 4.74 Å². The van der Waals surface area contributed by atoms with Crippen LogP contribution in [0.15, 0.2) is 60.7 Å². The van der Waals surface area contributed by atoms with Crippen LogP contribution in [0.1, 0.15) is 75.8 Å². The van der Waals surface area contributed by atoms with E-state index >= 15 is 0 Å². The summed E-state index contributed by atoms with van der Waals surface area (Å²) in [4.78, 5) is 0. The number of ether oxygens (including phenoxy) is 3. The molecule has 0 saturated carbocycles. The van der Waals surface area contributed by atoms with Gasteiger partial charge in [0, 0.05) is 30.9 Å². The van der Waals surface area contributed by atoms with Crippen LogP contribution in [0.25, 0.3) is 0 Å². The van der Waals surface area contributed by atoms with Crippen LogP contribution in [0.5, 0.6) is 5.75 Å². The van der Waals surface area contributed by atoms with Gasteiger partial charge >= 0.3 is 0 Å². The molecule has 1 fully saturated rings. The molecule has 1 saturated heterocycles. The molecular formula is C33H43ClF2O5. The Balaban J connectivity index is 0.00000110. The summed E-state index contributed by atoms with van der Waals surface area (Å²) in [6.07, 6.45) is -0.203. The summed E-state index contributed by atoms with van der Waals surface area (Å²) >= 11 is 6.44. The molecule has 0 spiro atoms. The molecule has 4 unspecified atom stereocenters. The molecule has 4 rings (SSSR count). The zero-order valence-corrected chi connectivity index (χ0v) is 25.3. The number of benzene rings is 3. The Labute approximate surface area is 248 Å². The van der Waals surface area contributed by atoms with Crippen LogP contribution >= 0.6 is 11.6 Å². The van der Waals surface area contributed by atoms with Gasteiger partial charge in [-0.15, -0.1) is 0 Å². The van der Waals surface area contributed by atoms with Crippen molar-refractivity contribution in [2.45, 2.75) is 84.9 Å². The molecule has 3 aromatic carbocycles. The Kier molecular flexibility index (Phi) is 15.3. The topological polar surface area (TPSA) is 68.2 Å². The molecule has 8 heteroatoms. The van der Waals surface area contributed by atoms with E-state index < -0.39 is 17.7 Å². The Bertz CT molecular complexity index is 1180. The minimum absolute atomic E-state index is 0.111. The van der Waals surface area contributed by atoms with Crippen LogP contribution in [-0.4, -0.2) is 41.7 Å². The van der Waals surface area contributed by atoms with Crippen molar-refractivity contribution < 1.29 is 33.2 Å². The lowest BCUT2D eigenvalue weighted by Crippen LogP contribution is -2.38. The van der Waals surface area contributed by atoms with Gasteiger partial charge in [-0.2, -0.15) is 4.39 Å². The summed E-state index contributed by atoms with van der Waals surface area (Å²) in [7, 11) is 0. The van der Waals surface area contributed by atoms with Gasteiger partial charge in [-0.25, -0.2) is 4.39 Å². The van der Waals surface area contributed by atoms with Crippen LogP contribution in [0.2, 0.25) is 5.02 Å². The predicted octanol–water partition coefficient (Wildman–Crippen LogP) is 7.82. The van der Waals surface area contributed by atoms with Crippen molar-refractivity contribution in [3.05, 3.63) is 99.6 Å². The highest BCUT2D eigenvalue weighted by Crippen LogP contribution is 2.36. The summed E-state index contributed by atoms with van der Waals surface area (Å²) in [5, 5.41) is 18.3. The third-order valence-corrected chi connectivity index (χ3v) is 6.80. The summed E-state index contributed by atoms with van der Waals surface area (Å²) in [5.74, 6) is -2.06. The molecule has 226 valence electrons. The number of halogens is 3. The highest BCUT2D eigenvalue weighted by Gasteiger charge is 2.33. The maximum absolute atomic E-state index is 14.7. The summed E-state index contributed by atoms with van der Waals surface area (Å²) in [5.41, 5.74) is 2.76. The van der Waals surface area contributed by atoms with E-state index in [2.05, 4.69) is 0 Å². The van der Waals surface area contributed by atoms with Gasteiger partial charge in [0.05, 0.1) is 37.6 Å². The average molecular weight is 593 g/mol. The lowest BCUT2D eigenvalue weighted by atomic mass is 9.92. The molecule has 0 radical (unpaired) electrons. The number of rotatable bonds is 9. The fraction of sp³-hybridized carbons (Fsp3) is 0.455. The van der Waals surface area contributed by atoms with E-state index in [1.807, 2.05) is 56.3 Å². The van der Waals surface area contributed by atoms with Crippen molar-refractivity contribution in [3.63, 3.8) is 0 Å². The zero-order valence-electron chi connectivity index (χ0n) is 24.6. The third-order valence-electron chi connectivity index (χ3n) is 6.43. The summed E-state index contributed by atoms with van der Waals surface area (Å²) in [6, 6.07) is 18.3. The van der Waals surface area contributed by atoms with Gasteiger partial charge in [-0.1, -0.05) is 74.0 Å². The second kappa shape index (κ2) is 18.1. The normalized spacial score (nSPS) is 18.8. The summed E-state index contributed by atoms with van der Waals surface area (Å²) < 4.78 is 46.7. The molecule has 2 N–H and O–H groups in total. The number of hydrogen-bond donors (Lipinski definition) is 2. The zero-order chi connectivity index (χ0) is 30.4. The predicted molar refractivity (Wildman–Crippen MR) is 159 cm³/mol. The third kappa shape index (κ3) is 10.3. The van der Waals surface area contributed by atoms with Crippen molar-refractivity contribution >= 4 is 11.6 Å². The van der Waals surface area contributed by atoms with E-state index in [1.165, 1.54) is 12.1 Å². The summed E-state index contributed by atoms with van der Waals surface area (Å²) in [6.45, 7) is 10.1. The maximum atomic E-state index is 14.7. The molecular weight excluding hydrogens is 550 g/mol. The van der Waals surface area contributed by atoms with Crippen molar-refractivity contribution in [1.82, 2.24) is 0 Å². The van der Waals surface area contributed by atoms with Crippen molar-refractivity contribution in [2.24, 2.45) is 0 Å². The molecule has 3 aromatic rings. The van der Waals surface area contributed by atoms with Gasteiger partial charge in [0.2, 0.25) is 5.82 Å². The first-order valence-corrected chi connectivity index (χ1v) is 14.6. The molecule has 5 nitrogen and oxygen atoms in total. The largest absolute Gasteiger partial charge is 0.491 e. The minimum atomic E-state index is -1.00. The van der Waals surface area contributed by atoms with Gasteiger partial charge in [-0.05, 0) is 55.2 Å². The first-order valence-electron chi connectivity index (χ1n) is 14.2. The fourth-order valence-electron chi connectivity index (χ4n) is 4.48. The van der Waals surface area contributed by atoms with Crippen LogP contribution in [0.3, 0.4) is 0 Å². The Morgan fingerprint density at radius 3 is 2.29 bits per heavy atom. The van der Waals surface area contributed by atoms with E-state index in [4.69, 9.17) is 30.9 Å². The monoisotopic (exact) mass is 592 g/mol. The van der Waals surface area contributed by atoms with Gasteiger partial charge in [0.15, 0.2) is 11.6 Å². The Hall–Kier alpha value is -2.55. The van der Waals surface area contributed by atoms with Crippen LogP contribution in [0.4, 0.5) is 8.78 Å². The van der Waals surface area contributed by atoms with Gasteiger partial charge in [0.25, 0.3) is 0 Å². The minimum Gasteiger partial charge on any atom is -0.491 e. The SMILES string of the molecule is CC.CCO.CCOc1ccc(Cc2cc(C3CC(OCc4ccccc4)CC(C(C)O)O3)ccc2Cl)c(F)c1F. The highest BCUT2D eigenvalue weighted by atomic mass is 35.5. The number of hydrogen-bond acceptors (Lipinski definition) is 5. The van der Waals surface area contributed by atoms with Crippen molar-refractivity contribution in [2.75, 3.05) is 13.2 Å². The molecule has 41 heavy (non-hydrogen) atoms. The van der Waals surface area contributed by atoms with E-state index in [0.29, 0.717) is 30.0 Å². The molecule has 0 aliphatic carbocycles. The average Bonchev–Trinajstić information content (AvgIpc) is 2.98. The molecule has 1 aliphatic heterocycles. The quantitative estimate of drug-likeness (QED) is 0.265. The van der Waals surface area contributed by atoms with Crippen LogP contribution in [0, 0.1) is 11.6 Å². The van der Waals surface area contributed by atoms with E-state index in [1.54, 1.807) is 26.8 Å². The second-order valence-electron chi connectivity index (χ2n) is 9.42. The van der Waals surface area contributed by atoms with Crippen LogP contribution in [-0.2, 0) is 22.5 Å². The first kappa shape index (κ1) is 34.7. The lowest BCUT2D eigenvalue weighted by molar-refractivity contribution is -0.151. The van der Waals surface area contributed by atoms with Crippen molar-refractivity contribution in [1.29, 1.82) is 0 Å². The molecule has 0 bridgehead atoms. The Morgan fingerprint density at radius 1 is 0.976 bits per heavy atom. The smallest absolute Gasteiger partial charge is 0.200 e. The number of aliphatic hydroxyl groups excluding tert-OH is 2. The Morgan fingerprint density at radius 2 is 1.66 bits per heavy atom. The van der Waals surface area contributed by atoms with E-state index in [-0.39, 0.29) is 49.3 Å². The van der Waals surface area contributed by atoms with Gasteiger partial charge < -0.3 is 24.4 Å².